The molecule has 67 heavy (non-hydrogen) atoms. The first-order chi connectivity index (χ1) is 32.3. The zero-order valence-corrected chi connectivity index (χ0v) is 42.0. The molecular formula is C49H89N5O12S. The lowest BCUT2D eigenvalue weighted by molar-refractivity contribution is -0.157. The summed E-state index contributed by atoms with van der Waals surface area (Å²) in [6.07, 6.45) is 28.7. The van der Waals surface area contributed by atoms with Crippen molar-refractivity contribution in [2.75, 3.05) is 31.2 Å². The molecule has 4 amide bonds. The van der Waals surface area contributed by atoms with E-state index in [0.717, 1.165) is 44.9 Å². The standard InChI is InChI=1S/C49H89N5O12S/c1-3-5-7-9-11-13-15-17-19-21-23-25-27-29-45(60)65-37-39(66-46(61)30-28-26-24-22-20-18-16-14-12-10-8-6-4-2)38-67-34-33-41(55)54-47(50)48(62)52-35-42(56)51-36-43(57)53-40(49(63)64)31-32-44(58)59/h39-40,47H,3-38,50H2,1-2H3,(H,51,56)(H,52,62)(H,53,57)(H,54,55)(H,58,59)(H,63,64)/t39-,40-,47-/m1/s1. The minimum atomic E-state index is -1.49. The number of nitrogens with one attached hydrogen (secondary N) is 4. The van der Waals surface area contributed by atoms with Gasteiger partial charge in [-0.25, -0.2) is 4.79 Å². The Morgan fingerprint density at radius 2 is 0.970 bits per heavy atom. The maximum absolute atomic E-state index is 12.8. The Hall–Kier alpha value is -3.93. The van der Waals surface area contributed by atoms with Crippen LogP contribution in [0.5, 0.6) is 0 Å². The molecule has 0 aromatic heterocycles. The lowest BCUT2D eigenvalue weighted by Gasteiger charge is -2.18. The third-order valence-electron chi connectivity index (χ3n) is 11.2. The normalized spacial score (nSPS) is 12.3. The number of thioether (sulfide) groups is 1. The molecule has 8 N–H and O–H groups in total. The predicted molar refractivity (Wildman–Crippen MR) is 262 cm³/mol. The number of hydrogen-bond acceptors (Lipinski definition) is 12. The molecule has 0 unspecified atom stereocenters. The zero-order chi connectivity index (χ0) is 49.8. The van der Waals surface area contributed by atoms with Crippen molar-refractivity contribution < 1.29 is 58.0 Å². The van der Waals surface area contributed by atoms with E-state index in [0.29, 0.717) is 6.42 Å². The molecule has 0 aromatic rings. The summed E-state index contributed by atoms with van der Waals surface area (Å²) in [5.74, 6) is -5.91. The van der Waals surface area contributed by atoms with E-state index in [1.54, 1.807) is 0 Å². The van der Waals surface area contributed by atoms with E-state index >= 15 is 0 Å². The van der Waals surface area contributed by atoms with E-state index in [9.17, 15) is 38.4 Å². The molecule has 0 saturated heterocycles. The number of amides is 4. The van der Waals surface area contributed by atoms with Gasteiger partial charge in [-0.15, -0.1) is 0 Å². The highest BCUT2D eigenvalue weighted by atomic mass is 32.2. The van der Waals surface area contributed by atoms with Gasteiger partial charge in [-0.2, -0.15) is 11.8 Å². The number of carbonyl (C=O) groups excluding carboxylic acids is 6. The number of esters is 2. The molecule has 0 rings (SSSR count). The Morgan fingerprint density at radius 3 is 1.43 bits per heavy atom. The first-order valence-electron chi connectivity index (χ1n) is 25.5. The van der Waals surface area contributed by atoms with Crippen LogP contribution in [0.2, 0.25) is 0 Å². The van der Waals surface area contributed by atoms with E-state index < -0.39 is 73.4 Å². The topological polar surface area (TPSA) is 270 Å². The highest BCUT2D eigenvalue weighted by molar-refractivity contribution is 7.99. The Morgan fingerprint density at radius 1 is 0.522 bits per heavy atom. The Labute approximate surface area is 405 Å². The number of carboxylic acid groups (broad SMARTS) is 2. The van der Waals surface area contributed by atoms with Crippen LogP contribution in [0, 0.1) is 0 Å². The van der Waals surface area contributed by atoms with Gasteiger partial charge in [-0.1, -0.05) is 168 Å². The fraction of sp³-hybridized carbons (Fsp3) is 0.837. The fourth-order valence-electron chi connectivity index (χ4n) is 7.17. The van der Waals surface area contributed by atoms with Crippen LogP contribution < -0.4 is 27.0 Å². The number of nitrogens with two attached hydrogens (primary N) is 1. The number of hydrogen-bond donors (Lipinski definition) is 7. The maximum atomic E-state index is 12.8. The summed E-state index contributed by atoms with van der Waals surface area (Å²) in [4.78, 5) is 96.5. The van der Waals surface area contributed by atoms with Gasteiger partial charge >= 0.3 is 23.9 Å². The van der Waals surface area contributed by atoms with E-state index in [1.165, 1.54) is 134 Å². The fourth-order valence-corrected chi connectivity index (χ4v) is 8.10. The molecule has 388 valence electrons. The summed E-state index contributed by atoms with van der Waals surface area (Å²) in [5, 5.41) is 26.8. The molecule has 0 aliphatic heterocycles. The second kappa shape index (κ2) is 44.6. The van der Waals surface area contributed by atoms with Gasteiger partial charge in [0.2, 0.25) is 17.7 Å². The number of rotatable bonds is 47. The van der Waals surface area contributed by atoms with E-state index in [4.69, 9.17) is 25.4 Å². The van der Waals surface area contributed by atoms with Crippen molar-refractivity contribution >= 4 is 59.3 Å². The quantitative estimate of drug-likeness (QED) is 0.0176. The molecule has 0 radical (unpaired) electrons. The average Bonchev–Trinajstić information content (AvgIpc) is 3.29. The minimum Gasteiger partial charge on any atom is -0.481 e. The number of carboxylic acids is 2. The van der Waals surface area contributed by atoms with Gasteiger partial charge in [0.15, 0.2) is 6.17 Å². The molecular weight excluding hydrogens is 883 g/mol. The molecule has 18 heteroatoms. The summed E-state index contributed by atoms with van der Waals surface area (Å²) in [6, 6.07) is -1.46. The van der Waals surface area contributed by atoms with Gasteiger partial charge in [-0.3, -0.25) is 33.6 Å². The highest BCUT2D eigenvalue weighted by Gasteiger charge is 2.22. The minimum absolute atomic E-state index is 0.0382. The second-order valence-electron chi connectivity index (χ2n) is 17.5. The van der Waals surface area contributed by atoms with Gasteiger partial charge in [0.1, 0.15) is 18.8 Å². The number of carbonyl (C=O) groups is 8. The van der Waals surface area contributed by atoms with E-state index in [2.05, 4.69) is 35.1 Å². The van der Waals surface area contributed by atoms with Crippen molar-refractivity contribution in [1.82, 2.24) is 21.3 Å². The van der Waals surface area contributed by atoms with Crippen LogP contribution in [0.4, 0.5) is 0 Å². The van der Waals surface area contributed by atoms with Gasteiger partial charge in [0, 0.05) is 37.2 Å². The molecule has 0 saturated carbocycles. The molecule has 0 fully saturated rings. The summed E-state index contributed by atoms with van der Waals surface area (Å²) >= 11 is 1.32. The molecule has 0 heterocycles. The smallest absolute Gasteiger partial charge is 0.326 e. The monoisotopic (exact) mass is 972 g/mol. The summed E-state index contributed by atoms with van der Waals surface area (Å²) in [7, 11) is 0. The molecule has 0 aromatic carbocycles. The van der Waals surface area contributed by atoms with Crippen LogP contribution in [-0.4, -0.2) is 107 Å². The largest absolute Gasteiger partial charge is 0.481 e. The molecule has 3 atom stereocenters. The SMILES string of the molecule is CCCCCCCCCCCCCCCC(=O)OC[C@H](CSCCC(=O)N[C@@H](N)C(=O)NCC(=O)NCC(=O)N[C@H](CCC(=O)O)C(=O)O)OC(=O)CCCCCCCCCCCCCCC. The van der Waals surface area contributed by atoms with Crippen LogP contribution in [0.1, 0.15) is 213 Å². The van der Waals surface area contributed by atoms with Crippen molar-refractivity contribution in [3.05, 3.63) is 0 Å². The molecule has 0 aliphatic carbocycles. The first kappa shape index (κ1) is 63.1. The molecule has 0 spiro atoms. The first-order valence-corrected chi connectivity index (χ1v) is 26.7. The van der Waals surface area contributed by atoms with E-state index in [1.807, 2.05) is 0 Å². The summed E-state index contributed by atoms with van der Waals surface area (Å²) in [5.41, 5.74) is 5.79. The van der Waals surface area contributed by atoms with Gasteiger partial charge in [0.25, 0.3) is 5.91 Å². The van der Waals surface area contributed by atoms with Crippen LogP contribution in [0.15, 0.2) is 0 Å². The highest BCUT2D eigenvalue weighted by Crippen LogP contribution is 2.16. The van der Waals surface area contributed by atoms with Crippen molar-refractivity contribution in [3.8, 4) is 0 Å². The Balaban J connectivity index is 4.68. The van der Waals surface area contributed by atoms with Crippen LogP contribution in [0.25, 0.3) is 0 Å². The maximum Gasteiger partial charge on any atom is 0.326 e. The number of ether oxygens (including phenoxy) is 2. The predicted octanol–water partition coefficient (Wildman–Crippen LogP) is 7.59. The Kier molecular flexibility index (Phi) is 42.0. The molecule has 0 aliphatic rings. The van der Waals surface area contributed by atoms with Crippen molar-refractivity contribution in [1.29, 1.82) is 0 Å². The van der Waals surface area contributed by atoms with Gasteiger partial charge in [-0.05, 0) is 19.3 Å². The second-order valence-corrected chi connectivity index (χ2v) is 18.7. The number of aliphatic carboxylic acids is 2. The van der Waals surface area contributed by atoms with Crippen LogP contribution in [0.3, 0.4) is 0 Å². The van der Waals surface area contributed by atoms with Crippen molar-refractivity contribution in [3.63, 3.8) is 0 Å². The third kappa shape index (κ3) is 41.9. The van der Waals surface area contributed by atoms with Gasteiger partial charge < -0.3 is 46.7 Å². The van der Waals surface area contributed by atoms with E-state index in [-0.39, 0.29) is 49.3 Å². The average molecular weight is 972 g/mol. The molecule has 17 nitrogen and oxygen atoms in total. The summed E-state index contributed by atoms with van der Waals surface area (Å²) < 4.78 is 11.3. The summed E-state index contributed by atoms with van der Waals surface area (Å²) in [6.45, 7) is 3.15. The van der Waals surface area contributed by atoms with Crippen molar-refractivity contribution in [2.24, 2.45) is 5.73 Å². The van der Waals surface area contributed by atoms with Crippen molar-refractivity contribution in [2.45, 2.75) is 231 Å². The van der Waals surface area contributed by atoms with Gasteiger partial charge in [0.05, 0.1) is 13.1 Å². The third-order valence-corrected chi connectivity index (χ3v) is 12.3. The number of unbranched alkanes of at least 4 members (excludes halogenated alkanes) is 24. The lowest BCUT2D eigenvalue weighted by atomic mass is 10.0. The van der Waals surface area contributed by atoms with Crippen LogP contribution in [-0.2, 0) is 47.8 Å². The molecule has 0 bridgehead atoms. The zero-order valence-electron chi connectivity index (χ0n) is 41.2. The Bertz CT molecular complexity index is 1370. The van der Waals surface area contributed by atoms with Crippen LogP contribution >= 0.6 is 11.8 Å². The lowest BCUT2D eigenvalue weighted by Crippen LogP contribution is -2.54.